The maximum absolute atomic E-state index is 4.58. The van der Waals surface area contributed by atoms with E-state index in [9.17, 15) is 0 Å². The van der Waals surface area contributed by atoms with Gasteiger partial charge in [0.15, 0.2) is 0 Å². The van der Waals surface area contributed by atoms with E-state index in [1.54, 1.807) is 0 Å². The summed E-state index contributed by atoms with van der Waals surface area (Å²) >= 11 is 0. The smallest absolute Gasteiger partial charge is 0.0725 e. The zero-order chi connectivity index (χ0) is 13.2. The van der Waals surface area contributed by atoms with Crippen LogP contribution < -0.4 is 5.32 Å². The number of hydrogen-bond donors (Lipinski definition) is 1. The summed E-state index contributed by atoms with van der Waals surface area (Å²) in [5.74, 6) is 0. The minimum absolute atomic E-state index is 0.149. The lowest BCUT2D eigenvalue weighted by Crippen LogP contribution is -2.33. The van der Waals surface area contributed by atoms with Gasteiger partial charge in [0.25, 0.3) is 0 Å². The summed E-state index contributed by atoms with van der Waals surface area (Å²) in [6, 6.07) is 10.5. The maximum Gasteiger partial charge on any atom is 0.0725 e. The third kappa shape index (κ3) is 2.47. The van der Waals surface area contributed by atoms with Crippen molar-refractivity contribution in [2.75, 3.05) is 5.32 Å². The van der Waals surface area contributed by atoms with Crippen molar-refractivity contribution in [1.29, 1.82) is 0 Å². The number of benzene rings is 1. The largest absolute Gasteiger partial charge is 0.379 e. The Labute approximate surface area is 109 Å². The first kappa shape index (κ1) is 12.9. The van der Waals surface area contributed by atoms with Gasteiger partial charge in [0.05, 0.1) is 5.52 Å². The lowest BCUT2D eigenvalue weighted by atomic mass is 9.94. The van der Waals surface area contributed by atoms with Gasteiger partial charge in [-0.2, -0.15) is 0 Å². The van der Waals surface area contributed by atoms with Crippen molar-refractivity contribution >= 4 is 16.6 Å². The number of aryl methyl sites for hydroxylation is 1. The standard InChI is InChI=1S/C16H22N2/c1-5-16(4,6-2)18-15-11-12(3)17-14-10-8-7-9-13(14)15/h7-11H,5-6H2,1-4H3,(H,17,18). The molecule has 96 valence electrons. The maximum atomic E-state index is 4.58. The number of aromatic nitrogens is 1. The third-order valence-corrected chi connectivity index (χ3v) is 3.84. The first-order chi connectivity index (χ1) is 8.58. The van der Waals surface area contributed by atoms with Gasteiger partial charge in [-0.05, 0) is 38.8 Å². The first-order valence-electron chi connectivity index (χ1n) is 6.72. The van der Waals surface area contributed by atoms with Crippen LogP contribution >= 0.6 is 0 Å². The summed E-state index contributed by atoms with van der Waals surface area (Å²) in [7, 11) is 0. The van der Waals surface area contributed by atoms with Crippen LogP contribution in [0, 0.1) is 6.92 Å². The molecule has 1 heterocycles. The molecule has 0 bridgehead atoms. The highest BCUT2D eigenvalue weighted by atomic mass is 15.0. The summed E-state index contributed by atoms with van der Waals surface area (Å²) in [6.07, 6.45) is 2.22. The van der Waals surface area contributed by atoms with Crippen LogP contribution in [0.2, 0.25) is 0 Å². The molecule has 2 heteroatoms. The van der Waals surface area contributed by atoms with E-state index in [2.05, 4.69) is 55.3 Å². The fourth-order valence-corrected chi connectivity index (χ4v) is 2.16. The number of anilines is 1. The van der Waals surface area contributed by atoms with Crippen molar-refractivity contribution in [1.82, 2.24) is 4.98 Å². The minimum atomic E-state index is 0.149. The number of pyridine rings is 1. The van der Waals surface area contributed by atoms with Crippen LogP contribution in [0.3, 0.4) is 0 Å². The molecule has 0 fully saturated rings. The number of para-hydroxylation sites is 1. The molecule has 0 radical (unpaired) electrons. The summed E-state index contributed by atoms with van der Waals surface area (Å²) in [4.78, 5) is 4.58. The van der Waals surface area contributed by atoms with E-state index in [-0.39, 0.29) is 5.54 Å². The summed E-state index contributed by atoms with van der Waals surface area (Å²) in [5.41, 5.74) is 3.47. The van der Waals surface area contributed by atoms with Gasteiger partial charge in [0, 0.05) is 22.3 Å². The SMILES string of the molecule is CCC(C)(CC)Nc1cc(C)nc2ccccc12. The van der Waals surface area contributed by atoms with E-state index in [0.717, 1.165) is 24.1 Å². The van der Waals surface area contributed by atoms with Crippen molar-refractivity contribution in [3.8, 4) is 0 Å². The molecular formula is C16H22N2. The fourth-order valence-electron chi connectivity index (χ4n) is 2.16. The molecule has 18 heavy (non-hydrogen) atoms. The molecule has 1 N–H and O–H groups in total. The molecule has 1 aromatic carbocycles. The van der Waals surface area contributed by atoms with E-state index < -0.39 is 0 Å². The van der Waals surface area contributed by atoms with Gasteiger partial charge in [0.1, 0.15) is 0 Å². The zero-order valence-electron chi connectivity index (χ0n) is 11.7. The van der Waals surface area contributed by atoms with Crippen LogP contribution in [-0.2, 0) is 0 Å². The number of rotatable bonds is 4. The summed E-state index contributed by atoms with van der Waals surface area (Å²) in [6.45, 7) is 8.78. The van der Waals surface area contributed by atoms with Crippen molar-refractivity contribution < 1.29 is 0 Å². The van der Waals surface area contributed by atoms with Gasteiger partial charge in [-0.15, -0.1) is 0 Å². The molecule has 2 nitrogen and oxygen atoms in total. The molecule has 0 aliphatic carbocycles. The normalized spacial score (nSPS) is 11.8. The molecule has 2 rings (SSSR count). The minimum Gasteiger partial charge on any atom is -0.379 e. The van der Waals surface area contributed by atoms with Gasteiger partial charge in [-0.25, -0.2) is 0 Å². The number of fused-ring (bicyclic) bond motifs is 1. The van der Waals surface area contributed by atoms with E-state index in [4.69, 9.17) is 0 Å². The van der Waals surface area contributed by atoms with Crippen LogP contribution in [0.25, 0.3) is 10.9 Å². The second kappa shape index (κ2) is 4.97. The lowest BCUT2D eigenvalue weighted by Gasteiger charge is -2.30. The predicted molar refractivity (Wildman–Crippen MR) is 79.1 cm³/mol. The average Bonchev–Trinajstić information content (AvgIpc) is 2.38. The Kier molecular flexibility index (Phi) is 3.55. The van der Waals surface area contributed by atoms with Crippen molar-refractivity contribution in [2.24, 2.45) is 0 Å². The summed E-state index contributed by atoms with van der Waals surface area (Å²) < 4.78 is 0. The number of nitrogens with one attached hydrogen (secondary N) is 1. The van der Waals surface area contributed by atoms with E-state index >= 15 is 0 Å². The molecule has 0 saturated heterocycles. The molecular weight excluding hydrogens is 220 g/mol. The Bertz CT molecular complexity index is 542. The highest BCUT2D eigenvalue weighted by Crippen LogP contribution is 2.28. The topological polar surface area (TPSA) is 24.9 Å². The van der Waals surface area contributed by atoms with Crippen LogP contribution in [0.1, 0.15) is 39.3 Å². The molecule has 0 aliphatic heterocycles. The van der Waals surface area contributed by atoms with Gasteiger partial charge in [0.2, 0.25) is 0 Å². The predicted octanol–water partition coefficient (Wildman–Crippen LogP) is 4.53. The molecule has 2 aromatic rings. The summed E-state index contributed by atoms with van der Waals surface area (Å²) in [5, 5.41) is 4.90. The average molecular weight is 242 g/mol. The Balaban J connectivity index is 2.50. The van der Waals surface area contributed by atoms with Gasteiger partial charge >= 0.3 is 0 Å². The molecule has 0 amide bonds. The molecule has 0 saturated carbocycles. The third-order valence-electron chi connectivity index (χ3n) is 3.84. The fraction of sp³-hybridized carbons (Fsp3) is 0.438. The van der Waals surface area contributed by atoms with E-state index in [0.29, 0.717) is 0 Å². The first-order valence-corrected chi connectivity index (χ1v) is 6.72. The lowest BCUT2D eigenvalue weighted by molar-refractivity contribution is 0.479. The monoisotopic (exact) mass is 242 g/mol. The highest BCUT2D eigenvalue weighted by molar-refractivity contribution is 5.91. The van der Waals surface area contributed by atoms with Gasteiger partial charge < -0.3 is 5.32 Å². The molecule has 0 atom stereocenters. The Morgan fingerprint density at radius 2 is 1.83 bits per heavy atom. The van der Waals surface area contributed by atoms with E-state index in [1.165, 1.54) is 11.1 Å². The zero-order valence-corrected chi connectivity index (χ0v) is 11.7. The Hall–Kier alpha value is -1.57. The quantitative estimate of drug-likeness (QED) is 0.851. The number of nitrogens with zero attached hydrogens (tertiary/aromatic N) is 1. The number of hydrogen-bond acceptors (Lipinski definition) is 2. The molecule has 1 aromatic heterocycles. The van der Waals surface area contributed by atoms with Crippen LogP contribution in [-0.4, -0.2) is 10.5 Å². The van der Waals surface area contributed by atoms with Crippen molar-refractivity contribution in [3.63, 3.8) is 0 Å². The van der Waals surface area contributed by atoms with Crippen LogP contribution in [0.15, 0.2) is 30.3 Å². The van der Waals surface area contributed by atoms with E-state index in [1.807, 2.05) is 13.0 Å². The van der Waals surface area contributed by atoms with Crippen molar-refractivity contribution in [3.05, 3.63) is 36.0 Å². The molecule has 0 spiro atoms. The van der Waals surface area contributed by atoms with Gasteiger partial charge in [-0.1, -0.05) is 32.0 Å². The Morgan fingerprint density at radius 3 is 2.50 bits per heavy atom. The highest BCUT2D eigenvalue weighted by Gasteiger charge is 2.20. The second-order valence-electron chi connectivity index (χ2n) is 5.22. The second-order valence-corrected chi connectivity index (χ2v) is 5.22. The Morgan fingerprint density at radius 1 is 1.17 bits per heavy atom. The van der Waals surface area contributed by atoms with Gasteiger partial charge in [-0.3, -0.25) is 4.98 Å². The molecule has 0 unspecified atom stereocenters. The van der Waals surface area contributed by atoms with Crippen LogP contribution in [0.4, 0.5) is 5.69 Å². The molecule has 0 aliphatic rings. The van der Waals surface area contributed by atoms with Crippen LogP contribution in [0.5, 0.6) is 0 Å². The van der Waals surface area contributed by atoms with Crippen molar-refractivity contribution in [2.45, 2.75) is 46.1 Å².